The molecule has 1 aliphatic heterocycles. The molecule has 0 saturated carbocycles. The van der Waals surface area contributed by atoms with Crippen molar-refractivity contribution in [3.05, 3.63) is 48.5 Å². The highest BCUT2D eigenvalue weighted by Crippen LogP contribution is 2.23. The smallest absolute Gasteiger partial charge is 0.325 e. The van der Waals surface area contributed by atoms with E-state index in [9.17, 15) is 14.4 Å². The molecular formula is C20H22N4O4. The summed E-state index contributed by atoms with van der Waals surface area (Å²) in [6.07, 6.45) is 0. The number of carbonyl (C=O) groups excluding carboxylic acids is 3. The number of nitrogens with one attached hydrogen (secondary N) is 2. The topological polar surface area (TPSA) is 91.0 Å². The van der Waals surface area contributed by atoms with Gasteiger partial charge in [0, 0.05) is 37.1 Å². The van der Waals surface area contributed by atoms with Crippen LogP contribution in [0, 0.1) is 0 Å². The first-order valence-electron chi connectivity index (χ1n) is 8.84. The lowest BCUT2D eigenvalue weighted by Gasteiger charge is -2.18. The summed E-state index contributed by atoms with van der Waals surface area (Å²) >= 11 is 0. The minimum absolute atomic E-state index is 0.0288. The SMILES string of the molecule is COc1ccc(N2CCN(CC(=O)Nc3ccc(NC(C)=O)cc3)C2=O)cc1. The maximum Gasteiger partial charge on any atom is 0.325 e. The molecule has 0 atom stereocenters. The fourth-order valence-electron chi connectivity index (χ4n) is 2.95. The third-order valence-corrected chi connectivity index (χ3v) is 4.30. The molecule has 4 amide bonds. The molecule has 0 bridgehead atoms. The summed E-state index contributed by atoms with van der Waals surface area (Å²) in [6, 6.07) is 13.8. The van der Waals surface area contributed by atoms with Gasteiger partial charge in [-0.1, -0.05) is 0 Å². The Bertz CT molecular complexity index is 865. The average molecular weight is 382 g/mol. The van der Waals surface area contributed by atoms with Crippen LogP contribution in [0.15, 0.2) is 48.5 Å². The van der Waals surface area contributed by atoms with E-state index in [0.717, 1.165) is 11.4 Å². The van der Waals surface area contributed by atoms with Gasteiger partial charge in [0.15, 0.2) is 0 Å². The number of anilines is 3. The van der Waals surface area contributed by atoms with Gasteiger partial charge in [-0.3, -0.25) is 14.5 Å². The van der Waals surface area contributed by atoms with Crippen LogP contribution in [0.5, 0.6) is 5.75 Å². The van der Waals surface area contributed by atoms with E-state index in [0.29, 0.717) is 24.5 Å². The highest BCUT2D eigenvalue weighted by atomic mass is 16.5. The molecule has 2 aromatic carbocycles. The number of ether oxygens (including phenoxy) is 1. The van der Waals surface area contributed by atoms with Crippen LogP contribution in [0.1, 0.15) is 6.92 Å². The van der Waals surface area contributed by atoms with E-state index in [4.69, 9.17) is 4.74 Å². The molecule has 8 heteroatoms. The predicted octanol–water partition coefficient (Wildman–Crippen LogP) is 2.53. The van der Waals surface area contributed by atoms with Crippen molar-refractivity contribution < 1.29 is 19.1 Å². The summed E-state index contributed by atoms with van der Waals surface area (Å²) in [5.74, 6) is 0.277. The van der Waals surface area contributed by atoms with Crippen LogP contribution in [-0.4, -0.2) is 49.5 Å². The van der Waals surface area contributed by atoms with Crippen molar-refractivity contribution in [1.82, 2.24) is 4.90 Å². The minimum Gasteiger partial charge on any atom is -0.497 e. The quantitative estimate of drug-likeness (QED) is 0.803. The van der Waals surface area contributed by atoms with E-state index in [1.807, 2.05) is 12.1 Å². The second-order valence-electron chi connectivity index (χ2n) is 6.36. The van der Waals surface area contributed by atoms with E-state index in [1.54, 1.807) is 48.4 Å². The van der Waals surface area contributed by atoms with Crippen LogP contribution in [0.3, 0.4) is 0 Å². The Kier molecular flexibility index (Phi) is 5.78. The lowest BCUT2D eigenvalue weighted by molar-refractivity contribution is -0.116. The molecule has 2 N–H and O–H groups in total. The molecule has 1 fully saturated rings. The molecule has 0 aromatic heterocycles. The molecule has 0 radical (unpaired) electrons. The second-order valence-corrected chi connectivity index (χ2v) is 6.36. The highest BCUT2D eigenvalue weighted by Gasteiger charge is 2.30. The van der Waals surface area contributed by atoms with Crippen molar-refractivity contribution in [2.75, 3.05) is 42.3 Å². The van der Waals surface area contributed by atoms with Gasteiger partial charge < -0.3 is 20.3 Å². The normalized spacial score (nSPS) is 13.4. The Morgan fingerprint density at radius 2 is 1.57 bits per heavy atom. The molecule has 1 heterocycles. The van der Waals surface area contributed by atoms with Crippen molar-refractivity contribution in [2.45, 2.75) is 6.92 Å². The Labute approximate surface area is 163 Å². The summed E-state index contributed by atoms with van der Waals surface area (Å²) in [5, 5.41) is 5.42. The fraction of sp³-hybridized carbons (Fsp3) is 0.250. The molecule has 0 aliphatic carbocycles. The second kappa shape index (κ2) is 8.43. The van der Waals surface area contributed by atoms with E-state index in [-0.39, 0.29) is 24.4 Å². The van der Waals surface area contributed by atoms with Gasteiger partial charge in [-0.2, -0.15) is 0 Å². The Morgan fingerprint density at radius 1 is 0.964 bits per heavy atom. The molecule has 28 heavy (non-hydrogen) atoms. The number of amides is 4. The van der Waals surface area contributed by atoms with Gasteiger partial charge in [0.2, 0.25) is 11.8 Å². The summed E-state index contributed by atoms with van der Waals surface area (Å²) in [4.78, 5) is 39.1. The Balaban J connectivity index is 1.55. The molecule has 0 spiro atoms. The summed E-state index contributed by atoms with van der Waals surface area (Å²) < 4.78 is 5.13. The number of urea groups is 1. The van der Waals surface area contributed by atoms with Crippen LogP contribution in [0.25, 0.3) is 0 Å². The number of hydrogen-bond donors (Lipinski definition) is 2. The fourth-order valence-corrected chi connectivity index (χ4v) is 2.95. The summed E-state index contributed by atoms with van der Waals surface area (Å²) in [7, 11) is 1.59. The molecule has 1 aliphatic rings. The number of methoxy groups -OCH3 is 1. The number of rotatable bonds is 6. The largest absolute Gasteiger partial charge is 0.497 e. The Hall–Kier alpha value is -3.55. The van der Waals surface area contributed by atoms with E-state index < -0.39 is 0 Å². The first-order valence-corrected chi connectivity index (χ1v) is 8.84. The zero-order valence-corrected chi connectivity index (χ0v) is 15.8. The van der Waals surface area contributed by atoms with Crippen molar-refractivity contribution in [3.63, 3.8) is 0 Å². The van der Waals surface area contributed by atoms with Crippen molar-refractivity contribution in [3.8, 4) is 5.75 Å². The predicted molar refractivity (Wildman–Crippen MR) is 107 cm³/mol. The molecule has 3 rings (SSSR count). The number of benzene rings is 2. The molecule has 1 saturated heterocycles. The number of hydrogen-bond acceptors (Lipinski definition) is 4. The zero-order valence-electron chi connectivity index (χ0n) is 15.8. The molecule has 8 nitrogen and oxygen atoms in total. The van der Waals surface area contributed by atoms with Gasteiger partial charge in [-0.25, -0.2) is 4.79 Å². The summed E-state index contributed by atoms with van der Waals surface area (Å²) in [5.41, 5.74) is 2.01. The highest BCUT2D eigenvalue weighted by molar-refractivity contribution is 5.99. The van der Waals surface area contributed by atoms with Gasteiger partial charge in [0.1, 0.15) is 12.3 Å². The van der Waals surface area contributed by atoms with Gasteiger partial charge >= 0.3 is 6.03 Å². The maximum absolute atomic E-state index is 12.6. The van der Waals surface area contributed by atoms with Gasteiger partial charge in [0.25, 0.3) is 0 Å². The zero-order chi connectivity index (χ0) is 20.1. The van der Waals surface area contributed by atoms with E-state index in [1.165, 1.54) is 11.8 Å². The molecule has 146 valence electrons. The third-order valence-electron chi connectivity index (χ3n) is 4.30. The molecular weight excluding hydrogens is 360 g/mol. The van der Waals surface area contributed by atoms with Gasteiger partial charge in [0.05, 0.1) is 7.11 Å². The van der Waals surface area contributed by atoms with Gasteiger partial charge in [-0.05, 0) is 48.5 Å². The number of nitrogens with zero attached hydrogens (tertiary/aromatic N) is 2. The van der Waals surface area contributed by atoms with Crippen molar-refractivity contribution in [2.24, 2.45) is 0 Å². The van der Waals surface area contributed by atoms with Crippen LogP contribution in [-0.2, 0) is 9.59 Å². The standard InChI is InChI=1S/C20H22N4O4/c1-14(25)21-15-3-5-16(6-4-15)22-19(26)13-23-11-12-24(20(23)27)17-7-9-18(28-2)10-8-17/h3-10H,11-13H2,1-2H3,(H,21,25)(H,22,26). The first-order chi connectivity index (χ1) is 13.5. The van der Waals surface area contributed by atoms with Gasteiger partial charge in [-0.15, -0.1) is 0 Å². The third kappa shape index (κ3) is 4.59. The van der Waals surface area contributed by atoms with Crippen molar-refractivity contribution >= 4 is 34.9 Å². The average Bonchev–Trinajstić information content (AvgIpc) is 3.03. The minimum atomic E-state index is -0.280. The van der Waals surface area contributed by atoms with E-state index in [2.05, 4.69) is 10.6 Å². The van der Waals surface area contributed by atoms with Crippen LogP contribution >= 0.6 is 0 Å². The Morgan fingerprint density at radius 3 is 2.14 bits per heavy atom. The van der Waals surface area contributed by atoms with Crippen LogP contribution in [0.4, 0.5) is 21.9 Å². The first kappa shape index (κ1) is 19.2. The monoisotopic (exact) mass is 382 g/mol. The molecule has 0 unspecified atom stereocenters. The molecule has 2 aromatic rings. The number of carbonyl (C=O) groups is 3. The lowest BCUT2D eigenvalue weighted by Crippen LogP contribution is -2.37. The summed E-state index contributed by atoms with van der Waals surface area (Å²) in [6.45, 7) is 2.39. The van der Waals surface area contributed by atoms with E-state index >= 15 is 0 Å². The van der Waals surface area contributed by atoms with Crippen LogP contribution in [0.2, 0.25) is 0 Å². The van der Waals surface area contributed by atoms with Crippen LogP contribution < -0.4 is 20.3 Å². The lowest BCUT2D eigenvalue weighted by atomic mass is 10.2. The van der Waals surface area contributed by atoms with Crippen molar-refractivity contribution in [1.29, 1.82) is 0 Å². The maximum atomic E-state index is 12.6.